The van der Waals surface area contributed by atoms with Crippen LogP contribution in [0.1, 0.15) is 50.2 Å². The van der Waals surface area contributed by atoms with Crippen LogP contribution in [0.4, 0.5) is 0 Å². The number of rotatable bonds is 7. The van der Waals surface area contributed by atoms with Crippen LogP contribution in [0.25, 0.3) is 0 Å². The SMILES string of the molecule is CC(=O)N[C@@H](Cc1ccc(C#N)cc1)C(=O)N[C@H](C(=O)O)C1CCCCC1. The van der Waals surface area contributed by atoms with Crippen molar-refractivity contribution in [3.05, 3.63) is 35.4 Å². The lowest BCUT2D eigenvalue weighted by Crippen LogP contribution is -2.54. The van der Waals surface area contributed by atoms with Gasteiger partial charge in [-0.1, -0.05) is 31.4 Å². The van der Waals surface area contributed by atoms with E-state index in [1.165, 1.54) is 6.92 Å². The van der Waals surface area contributed by atoms with E-state index in [4.69, 9.17) is 5.26 Å². The Morgan fingerprint density at radius 3 is 2.30 bits per heavy atom. The monoisotopic (exact) mass is 371 g/mol. The lowest BCUT2D eigenvalue weighted by atomic mass is 9.83. The molecule has 27 heavy (non-hydrogen) atoms. The Morgan fingerprint density at radius 1 is 1.15 bits per heavy atom. The van der Waals surface area contributed by atoms with Crippen molar-refractivity contribution in [2.45, 2.75) is 57.5 Å². The summed E-state index contributed by atoms with van der Waals surface area (Å²) in [7, 11) is 0. The maximum atomic E-state index is 12.7. The fourth-order valence-electron chi connectivity index (χ4n) is 3.51. The molecule has 1 aliphatic carbocycles. The second-order valence-electron chi connectivity index (χ2n) is 6.99. The summed E-state index contributed by atoms with van der Waals surface area (Å²) >= 11 is 0. The molecule has 7 nitrogen and oxygen atoms in total. The van der Waals surface area contributed by atoms with Crippen LogP contribution >= 0.6 is 0 Å². The van der Waals surface area contributed by atoms with E-state index in [9.17, 15) is 19.5 Å². The van der Waals surface area contributed by atoms with Gasteiger partial charge < -0.3 is 15.7 Å². The van der Waals surface area contributed by atoms with E-state index < -0.39 is 24.0 Å². The van der Waals surface area contributed by atoms with Gasteiger partial charge in [-0.3, -0.25) is 9.59 Å². The van der Waals surface area contributed by atoms with Crippen LogP contribution in [0.5, 0.6) is 0 Å². The van der Waals surface area contributed by atoms with Crippen molar-refractivity contribution in [2.24, 2.45) is 5.92 Å². The number of nitrogens with one attached hydrogen (secondary N) is 2. The Kier molecular flexibility index (Phi) is 7.35. The van der Waals surface area contributed by atoms with Gasteiger partial charge in [-0.25, -0.2) is 4.79 Å². The summed E-state index contributed by atoms with van der Waals surface area (Å²) in [6.45, 7) is 1.31. The average Bonchev–Trinajstić information content (AvgIpc) is 2.66. The first-order chi connectivity index (χ1) is 12.9. The molecule has 0 aliphatic heterocycles. The maximum absolute atomic E-state index is 12.7. The Hall–Kier alpha value is -2.88. The minimum Gasteiger partial charge on any atom is -0.480 e. The van der Waals surface area contributed by atoms with E-state index in [1.54, 1.807) is 24.3 Å². The Balaban J connectivity index is 2.10. The fraction of sp³-hybridized carbons (Fsp3) is 0.500. The summed E-state index contributed by atoms with van der Waals surface area (Å²) in [6, 6.07) is 6.92. The van der Waals surface area contributed by atoms with Gasteiger partial charge in [-0.15, -0.1) is 0 Å². The first kappa shape index (κ1) is 20.4. The predicted octanol–water partition coefficient (Wildman–Crippen LogP) is 1.76. The largest absolute Gasteiger partial charge is 0.480 e. The van der Waals surface area contributed by atoms with Gasteiger partial charge in [-0.2, -0.15) is 5.26 Å². The molecule has 7 heteroatoms. The van der Waals surface area contributed by atoms with Crippen molar-refractivity contribution in [1.29, 1.82) is 5.26 Å². The van der Waals surface area contributed by atoms with Crippen LogP contribution in [0, 0.1) is 17.2 Å². The first-order valence-electron chi connectivity index (χ1n) is 9.20. The van der Waals surface area contributed by atoms with Crippen molar-refractivity contribution in [3.8, 4) is 6.07 Å². The number of benzene rings is 1. The van der Waals surface area contributed by atoms with Gasteiger partial charge in [0.25, 0.3) is 0 Å². The number of aliphatic carboxylic acids is 1. The van der Waals surface area contributed by atoms with E-state index in [1.807, 2.05) is 6.07 Å². The zero-order valence-electron chi connectivity index (χ0n) is 15.4. The summed E-state index contributed by atoms with van der Waals surface area (Å²) in [5.41, 5.74) is 1.27. The smallest absolute Gasteiger partial charge is 0.326 e. The molecule has 1 aliphatic rings. The second-order valence-corrected chi connectivity index (χ2v) is 6.99. The van der Waals surface area contributed by atoms with Crippen LogP contribution in [0.3, 0.4) is 0 Å². The number of nitrogens with zero attached hydrogens (tertiary/aromatic N) is 1. The zero-order chi connectivity index (χ0) is 19.8. The van der Waals surface area contributed by atoms with Crippen molar-refractivity contribution in [3.63, 3.8) is 0 Å². The highest BCUT2D eigenvalue weighted by molar-refractivity contribution is 5.90. The van der Waals surface area contributed by atoms with Gasteiger partial charge in [0, 0.05) is 13.3 Å². The molecule has 1 aromatic carbocycles. The Bertz CT molecular complexity index is 718. The van der Waals surface area contributed by atoms with Crippen molar-refractivity contribution >= 4 is 17.8 Å². The highest BCUT2D eigenvalue weighted by Gasteiger charge is 2.32. The molecule has 0 bridgehead atoms. The van der Waals surface area contributed by atoms with Crippen molar-refractivity contribution < 1.29 is 19.5 Å². The van der Waals surface area contributed by atoms with E-state index >= 15 is 0 Å². The molecule has 3 N–H and O–H groups in total. The van der Waals surface area contributed by atoms with Gasteiger partial charge >= 0.3 is 5.97 Å². The molecule has 0 unspecified atom stereocenters. The lowest BCUT2D eigenvalue weighted by molar-refractivity contribution is -0.144. The fourth-order valence-corrected chi connectivity index (χ4v) is 3.51. The third kappa shape index (κ3) is 6.10. The molecule has 1 saturated carbocycles. The quantitative estimate of drug-likeness (QED) is 0.675. The summed E-state index contributed by atoms with van der Waals surface area (Å²) in [6.07, 6.45) is 4.78. The van der Waals surface area contributed by atoms with Crippen LogP contribution in [0.2, 0.25) is 0 Å². The van der Waals surface area contributed by atoms with Gasteiger partial charge in [-0.05, 0) is 36.5 Å². The highest BCUT2D eigenvalue weighted by atomic mass is 16.4. The predicted molar refractivity (Wildman–Crippen MR) is 98.6 cm³/mol. The summed E-state index contributed by atoms with van der Waals surface area (Å²) in [4.78, 5) is 35.9. The third-order valence-electron chi connectivity index (χ3n) is 4.90. The van der Waals surface area contributed by atoms with Crippen molar-refractivity contribution in [1.82, 2.24) is 10.6 Å². The average molecular weight is 371 g/mol. The van der Waals surface area contributed by atoms with Gasteiger partial charge in [0.1, 0.15) is 12.1 Å². The number of amides is 2. The number of nitriles is 1. The first-order valence-corrected chi connectivity index (χ1v) is 9.20. The number of hydrogen-bond acceptors (Lipinski definition) is 4. The van der Waals surface area contributed by atoms with E-state index in [0.717, 1.165) is 37.7 Å². The van der Waals surface area contributed by atoms with Crippen LogP contribution < -0.4 is 10.6 Å². The molecular weight excluding hydrogens is 346 g/mol. The molecule has 1 aromatic rings. The minimum atomic E-state index is -1.05. The molecule has 0 radical (unpaired) electrons. The van der Waals surface area contributed by atoms with Gasteiger partial charge in [0.2, 0.25) is 11.8 Å². The Labute approximate surface area is 158 Å². The minimum absolute atomic E-state index is 0.0897. The number of carboxylic acid groups (broad SMARTS) is 1. The molecular formula is C20H25N3O4. The van der Waals surface area contributed by atoms with E-state index in [2.05, 4.69) is 10.6 Å². The van der Waals surface area contributed by atoms with E-state index in [0.29, 0.717) is 5.56 Å². The second kappa shape index (κ2) is 9.72. The number of carbonyl (C=O) groups is 3. The van der Waals surface area contributed by atoms with Crippen LogP contribution in [0.15, 0.2) is 24.3 Å². The number of carboxylic acids is 1. The zero-order valence-corrected chi connectivity index (χ0v) is 15.4. The van der Waals surface area contributed by atoms with E-state index in [-0.39, 0.29) is 18.2 Å². The maximum Gasteiger partial charge on any atom is 0.326 e. The topological polar surface area (TPSA) is 119 Å². The molecule has 1 fully saturated rings. The molecule has 0 aromatic heterocycles. The summed E-state index contributed by atoms with van der Waals surface area (Å²) in [5.74, 6) is -2.01. The summed E-state index contributed by atoms with van der Waals surface area (Å²) < 4.78 is 0. The molecule has 2 atom stereocenters. The highest BCUT2D eigenvalue weighted by Crippen LogP contribution is 2.26. The lowest BCUT2D eigenvalue weighted by Gasteiger charge is -2.29. The molecule has 144 valence electrons. The normalized spacial score (nSPS) is 16.6. The third-order valence-corrected chi connectivity index (χ3v) is 4.90. The summed E-state index contributed by atoms with van der Waals surface area (Å²) in [5, 5.41) is 23.6. The van der Waals surface area contributed by atoms with Crippen LogP contribution in [-0.4, -0.2) is 35.0 Å². The molecule has 2 rings (SSSR count). The standard InChI is InChI=1S/C20H25N3O4/c1-13(24)22-17(11-14-7-9-15(12-21)10-8-14)19(25)23-18(20(26)27)16-5-3-2-4-6-16/h7-10,16-18H,2-6,11H2,1H3,(H,22,24)(H,23,25)(H,26,27)/t17-,18-/m0/s1. The molecule has 2 amide bonds. The Morgan fingerprint density at radius 2 is 1.78 bits per heavy atom. The number of carbonyl (C=O) groups excluding carboxylic acids is 2. The molecule has 0 heterocycles. The van der Waals surface area contributed by atoms with Crippen LogP contribution in [-0.2, 0) is 20.8 Å². The molecule has 0 saturated heterocycles. The number of hydrogen-bond donors (Lipinski definition) is 3. The van der Waals surface area contributed by atoms with Crippen molar-refractivity contribution in [2.75, 3.05) is 0 Å². The van der Waals surface area contributed by atoms with Gasteiger partial charge in [0.05, 0.1) is 11.6 Å². The van der Waals surface area contributed by atoms with Gasteiger partial charge in [0.15, 0.2) is 0 Å². The molecule has 0 spiro atoms.